The molecule has 0 radical (unpaired) electrons. The van der Waals surface area contributed by atoms with Crippen LogP contribution in [0.4, 0.5) is 4.39 Å². The number of methoxy groups -OCH3 is 2. The van der Waals surface area contributed by atoms with Crippen molar-refractivity contribution in [2.24, 2.45) is 5.73 Å². The molecule has 0 aromatic heterocycles. The van der Waals surface area contributed by atoms with Crippen molar-refractivity contribution in [1.82, 2.24) is 0 Å². The Hall–Kier alpha value is -1.29. The minimum Gasteiger partial charge on any atom is -0.493 e. The Bertz CT molecular complexity index is 402. The predicted molar refractivity (Wildman–Crippen MR) is 59.4 cm³/mol. The van der Waals surface area contributed by atoms with Gasteiger partial charge in [-0.1, -0.05) is 6.07 Å². The third-order valence-corrected chi connectivity index (χ3v) is 3.00. The fraction of sp³-hybridized carbons (Fsp3) is 0.500. The Balaban J connectivity index is 2.32. The Labute approximate surface area is 94.3 Å². The fourth-order valence-electron chi connectivity index (χ4n) is 1.78. The highest BCUT2D eigenvalue weighted by Gasteiger charge is 2.39. The highest BCUT2D eigenvalue weighted by atomic mass is 19.1. The molecular weight excluding hydrogens is 209 g/mol. The molecule has 0 atom stereocenters. The Morgan fingerprint density at radius 2 is 2.00 bits per heavy atom. The lowest BCUT2D eigenvalue weighted by molar-refractivity contribution is 0.335. The van der Waals surface area contributed by atoms with E-state index in [-0.39, 0.29) is 17.1 Å². The molecule has 2 rings (SSSR count). The summed E-state index contributed by atoms with van der Waals surface area (Å²) in [5, 5.41) is 0. The fourth-order valence-corrected chi connectivity index (χ4v) is 1.78. The summed E-state index contributed by atoms with van der Waals surface area (Å²) in [6.45, 7) is 0. The molecule has 2 N–H and O–H groups in total. The van der Waals surface area contributed by atoms with Gasteiger partial charge in [-0.2, -0.15) is 0 Å². The third kappa shape index (κ3) is 1.97. The van der Waals surface area contributed by atoms with Gasteiger partial charge >= 0.3 is 0 Å². The van der Waals surface area contributed by atoms with Gasteiger partial charge in [-0.15, -0.1) is 0 Å². The highest BCUT2D eigenvalue weighted by Crippen LogP contribution is 2.39. The highest BCUT2D eigenvalue weighted by molar-refractivity contribution is 5.45. The second kappa shape index (κ2) is 3.94. The number of hydrogen-bond donors (Lipinski definition) is 1. The van der Waals surface area contributed by atoms with Crippen LogP contribution in [0.1, 0.15) is 18.4 Å². The van der Waals surface area contributed by atoms with Gasteiger partial charge < -0.3 is 15.2 Å². The molecule has 0 heterocycles. The molecule has 4 heteroatoms. The number of benzene rings is 1. The molecule has 0 unspecified atom stereocenters. The zero-order valence-corrected chi connectivity index (χ0v) is 9.55. The maximum absolute atomic E-state index is 14.0. The molecule has 1 fully saturated rings. The minimum absolute atomic E-state index is 0.157. The van der Waals surface area contributed by atoms with Gasteiger partial charge in [0.2, 0.25) is 0 Å². The van der Waals surface area contributed by atoms with Crippen LogP contribution >= 0.6 is 0 Å². The number of hydrogen-bond acceptors (Lipinski definition) is 3. The minimum atomic E-state index is -0.362. The van der Waals surface area contributed by atoms with E-state index in [9.17, 15) is 4.39 Å². The maximum atomic E-state index is 14.0. The van der Waals surface area contributed by atoms with E-state index in [1.165, 1.54) is 14.2 Å². The van der Waals surface area contributed by atoms with E-state index < -0.39 is 0 Å². The summed E-state index contributed by atoms with van der Waals surface area (Å²) in [4.78, 5) is 0. The van der Waals surface area contributed by atoms with Crippen LogP contribution in [0.3, 0.4) is 0 Å². The number of ether oxygens (including phenoxy) is 2. The largest absolute Gasteiger partial charge is 0.493 e. The van der Waals surface area contributed by atoms with Crippen LogP contribution in [0.2, 0.25) is 0 Å². The van der Waals surface area contributed by atoms with Crippen LogP contribution in [0, 0.1) is 5.82 Å². The summed E-state index contributed by atoms with van der Waals surface area (Å²) in [6, 6.07) is 3.42. The maximum Gasteiger partial charge on any atom is 0.197 e. The summed E-state index contributed by atoms with van der Waals surface area (Å²) in [6.07, 6.45) is 2.47. The quantitative estimate of drug-likeness (QED) is 0.850. The van der Waals surface area contributed by atoms with Gasteiger partial charge in [0.25, 0.3) is 0 Å². The summed E-state index contributed by atoms with van der Waals surface area (Å²) >= 11 is 0. The summed E-state index contributed by atoms with van der Waals surface area (Å²) < 4.78 is 24.0. The van der Waals surface area contributed by atoms with Crippen LogP contribution in [-0.4, -0.2) is 19.8 Å². The molecule has 0 amide bonds. The van der Waals surface area contributed by atoms with Crippen LogP contribution in [0.5, 0.6) is 11.5 Å². The van der Waals surface area contributed by atoms with Crippen molar-refractivity contribution in [1.29, 1.82) is 0 Å². The molecule has 3 nitrogen and oxygen atoms in total. The second-order valence-electron chi connectivity index (χ2n) is 4.31. The van der Waals surface area contributed by atoms with Crippen molar-refractivity contribution in [2.75, 3.05) is 14.2 Å². The molecule has 16 heavy (non-hydrogen) atoms. The van der Waals surface area contributed by atoms with Crippen LogP contribution in [0.15, 0.2) is 12.1 Å². The van der Waals surface area contributed by atoms with E-state index in [0.29, 0.717) is 17.7 Å². The molecule has 1 aromatic rings. The molecule has 88 valence electrons. The van der Waals surface area contributed by atoms with E-state index in [4.69, 9.17) is 15.2 Å². The molecule has 0 bridgehead atoms. The summed E-state index contributed by atoms with van der Waals surface area (Å²) in [5.74, 6) is 0.202. The standard InChI is InChI=1S/C12H16FNO2/c1-15-9-4-3-8(7-12(14)5-6-12)10(13)11(9)16-2/h3-4H,5-7,14H2,1-2H3. The Morgan fingerprint density at radius 3 is 2.50 bits per heavy atom. The first-order valence-electron chi connectivity index (χ1n) is 5.28. The lowest BCUT2D eigenvalue weighted by atomic mass is 10.0. The van der Waals surface area contributed by atoms with Gasteiger partial charge in [0.1, 0.15) is 0 Å². The number of nitrogens with two attached hydrogens (primary N) is 1. The molecule has 1 saturated carbocycles. The van der Waals surface area contributed by atoms with Gasteiger partial charge in [-0.05, 0) is 30.9 Å². The molecular formula is C12H16FNO2. The second-order valence-corrected chi connectivity index (χ2v) is 4.31. The molecule has 1 aliphatic rings. The molecule has 1 aliphatic carbocycles. The smallest absolute Gasteiger partial charge is 0.197 e. The first-order chi connectivity index (χ1) is 7.59. The topological polar surface area (TPSA) is 44.5 Å². The first kappa shape index (κ1) is 11.2. The van der Waals surface area contributed by atoms with E-state index in [1.54, 1.807) is 12.1 Å². The predicted octanol–water partition coefficient (Wildman–Crippen LogP) is 1.88. The van der Waals surface area contributed by atoms with E-state index in [0.717, 1.165) is 12.8 Å². The zero-order valence-electron chi connectivity index (χ0n) is 9.55. The van der Waals surface area contributed by atoms with Crippen LogP contribution in [-0.2, 0) is 6.42 Å². The average Bonchev–Trinajstić information content (AvgIpc) is 2.99. The normalized spacial score (nSPS) is 17.0. The number of halogens is 1. The van der Waals surface area contributed by atoms with Crippen LogP contribution in [0.25, 0.3) is 0 Å². The molecule has 0 spiro atoms. The van der Waals surface area contributed by atoms with Gasteiger partial charge in [-0.25, -0.2) is 4.39 Å². The van der Waals surface area contributed by atoms with Gasteiger partial charge in [0.05, 0.1) is 14.2 Å². The van der Waals surface area contributed by atoms with Crippen molar-refractivity contribution in [2.45, 2.75) is 24.8 Å². The van der Waals surface area contributed by atoms with E-state index in [2.05, 4.69) is 0 Å². The number of rotatable bonds is 4. The van der Waals surface area contributed by atoms with Crippen molar-refractivity contribution < 1.29 is 13.9 Å². The molecule has 0 aliphatic heterocycles. The van der Waals surface area contributed by atoms with Gasteiger partial charge in [0, 0.05) is 5.54 Å². The SMILES string of the molecule is COc1ccc(CC2(N)CC2)c(F)c1OC. The lowest BCUT2D eigenvalue weighted by Crippen LogP contribution is -2.25. The summed E-state index contributed by atoms with van der Waals surface area (Å²) in [5.41, 5.74) is 6.36. The third-order valence-electron chi connectivity index (χ3n) is 3.00. The summed E-state index contributed by atoms with van der Waals surface area (Å²) in [7, 11) is 2.92. The molecule has 1 aromatic carbocycles. The van der Waals surface area contributed by atoms with Crippen molar-refractivity contribution >= 4 is 0 Å². The van der Waals surface area contributed by atoms with E-state index >= 15 is 0 Å². The van der Waals surface area contributed by atoms with E-state index in [1.807, 2.05) is 0 Å². The average molecular weight is 225 g/mol. The lowest BCUT2D eigenvalue weighted by Gasteiger charge is -2.14. The Kier molecular flexibility index (Phi) is 2.76. The monoisotopic (exact) mass is 225 g/mol. The van der Waals surface area contributed by atoms with Crippen molar-refractivity contribution in [3.8, 4) is 11.5 Å². The zero-order chi connectivity index (χ0) is 11.8. The van der Waals surface area contributed by atoms with Crippen LogP contribution < -0.4 is 15.2 Å². The van der Waals surface area contributed by atoms with Gasteiger partial charge in [-0.3, -0.25) is 0 Å². The van der Waals surface area contributed by atoms with Gasteiger partial charge in [0.15, 0.2) is 17.3 Å². The van der Waals surface area contributed by atoms with Crippen molar-refractivity contribution in [3.63, 3.8) is 0 Å². The molecule has 0 saturated heterocycles. The van der Waals surface area contributed by atoms with Crippen molar-refractivity contribution in [3.05, 3.63) is 23.5 Å². The Morgan fingerprint density at radius 1 is 1.31 bits per heavy atom. The first-order valence-corrected chi connectivity index (χ1v) is 5.28.